The number of nitrogens with zero attached hydrogens (tertiary/aromatic N) is 1. The summed E-state index contributed by atoms with van der Waals surface area (Å²) in [4.78, 5) is 33.8. The van der Waals surface area contributed by atoms with Crippen molar-refractivity contribution < 1.29 is 37.2 Å². The lowest BCUT2D eigenvalue weighted by molar-refractivity contribution is -0.387. The number of hydrogen-bond acceptors (Lipinski definition) is 6. The third kappa shape index (κ3) is 5.43. The maximum absolute atomic E-state index is 13.3. The number of nitro benzene ring substituents is 1. The van der Waals surface area contributed by atoms with Crippen LogP contribution in [0.2, 0.25) is 0 Å². The van der Waals surface area contributed by atoms with Gasteiger partial charge in [0, 0.05) is 11.8 Å². The molecule has 0 saturated heterocycles. The molecule has 1 atom stereocenters. The molecule has 0 unspecified atom stereocenters. The van der Waals surface area contributed by atoms with Crippen molar-refractivity contribution in [3.05, 3.63) is 64.0 Å². The smallest absolute Gasteiger partial charge is 0.387 e. The first kappa shape index (κ1) is 20.7. The average Bonchev–Trinajstić information content (AvgIpc) is 2.63. The Bertz CT molecular complexity index is 889. The SMILES string of the molecule is C[C@H](OC(=O)c1ccc(OC(F)F)cc1)C(=O)Nc1ccc(F)c([N+](=O)[O-])c1. The van der Waals surface area contributed by atoms with Crippen LogP contribution in [0.4, 0.5) is 24.5 Å². The van der Waals surface area contributed by atoms with E-state index < -0.39 is 41.0 Å². The Hall–Kier alpha value is -3.63. The molecule has 28 heavy (non-hydrogen) atoms. The third-order valence-electron chi connectivity index (χ3n) is 3.38. The highest BCUT2D eigenvalue weighted by molar-refractivity contribution is 5.97. The number of alkyl halides is 2. The van der Waals surface area contributed by atoms with E-state index in [1.165, 1.54) is 19.1 Å². The molecule has 1 N–H and O–H groups in total. The lowest BCUT2D eigenvalue weighted by atomic mass is 10.2. The van der Waals surface area contributed by atoms with E-state index in [0.29, 0.717) is 0 Å². The normalized spacial score (nSPS) is 11.6. The summed E-state index contributed by atoms with van der Waals surface area (Å²) in [6.45, 7) is -1.76. The van der Waals surface area contributed by atoms with Crippen LogP contribution < -0.4 is 10.1 Å². The number of ether oxygens (including phenoxy) is 2. The minimum Gasteiger partial charge on any atom is -0.449 e. The van der Waals surface area contributed by atoms with Gasteiger partial charge < -0.3 is 14.8 Å². The first-order valence-electron chi connectivity index (χ1n) is 7.68. The van der Waals surface area contributed by atoms with Crippen LogP contribution in [-0.4, -0.2) is 29.5 Å². The second-order valence-electron chi connectivity index (χ2n) is 5.36. The zero-order chi connectivity index (χ0) is 20.8. The first-order valence-corrected chi connectivity index (χ1v) is 7.68. The number of carbonyl (C=O) groups excluding carboxylic acids is 2. The number of anilines is 1. The lowest BCUT2D eigenvalue weighted by Crippen LogP contribution is -2.30. The van der Waals surface area contributed by atoms with E-state index in [0.717, 1.165) is 30.3 Å². The molecule has 0 bridgehead atoms. The van der Waals surface area contributed by atoms with Gasteiger partial charge in [-0.1, -0.05) is 0 Å². The fraction of sp³-hybridized carbons (Fsp3) is 0.176. The standard InChI is InChI=1S/C17H13F3N2O6/c1-9(15(23)21-11-4-7-13(18)14(8-11)22(25)26)27-16(24)10-2-5-12(6-3-10)28-17(19)20/h2-9,17H,1H3,(H,21,23)/t9-/m0/s1. The molecule has 2 aromatic carbocycles. The molecular formula is C17H13F3N2O6. The van der Waals surface area contributed by atoms with Crippen molar-refractivity contribution in [3.8, 4) is 5.75 Å². The third-order valence-corrected chi connectivity index (χ3v) is 3.38. The predicted molar refractivity (Wildman–Crippen MR) is 89.6 cm³/mol. The fourth-order valence-electron chi connectivity index (χ4n) is 2.03. The Labute approximate surface area is 156 Å². The highest BCUT2D eigenvalue weighted by atomic mass is 19.3. The zero-order valence-corrected chi connectivity index (χ0v) is 14.2. The summed E-state index contributed by atoms with van der Waals surface area (Å²) in [5, 5.41) is 13.0. The molecule has 0 aliphatic heterocycles. The van der Waals surface area contributed by atoms with E-state index in [-0.39, 0.29) is 17.0 Å². The summed E-state index contributed by atoms with van der Waals surface area (Å²) >= 11 is 0. The van der Waals surface area contributed by atoms with Crippen LogP contribution in [0.5, 0.6) is 5.75 Å². The fourth-order valence-corrected chi connectivity index (χ4v) is 2.03. The maximum Gasteiger partial charge on any atom is 0.387 e. The molecule has 0 fully saturated rings. The van der Waals surface area contributed by atoms with Crippen molar-refractivity contribution in [1.82, 2.24) is 0 Å². The molecule has 0 aliphatic rings. The highest BCUT2D eigenvalue weighted by Crippen LogP contribution is 2.22. The van der Waals surface area contributed by atoms with Crippen molar-refractivity contribution in [2.75, 3.05) is 5.32 Å². The Kier molecular flexibility index (Phi) is 6.53. The van der Waals surface area contributed by atoms with Crippen LogP contribution in [0.15, 0.2) is 42.5 Å². The number of amides is 1. The summed E-state index contributed by atoms with van der Waals surface area (Å²) in [7, 11) is 0. The largest absolute Gasteiger partial charge is 0.449 e. The molecule has 0 heterocycles. The molecule has 0 saturated carbocycles. The van der Waals surface area contributed by atoms with Crippen LogP contribution in [0, 0.1) is 15.9 Å². The van der Waals surface area contributed by atoms with Gasteiger partial charge in [-0.15, -0.1) is 0 Å². The van der Waals surface area contributed by atoms with Crippen molar-refractivity contribution in [1.29, 1.82) is 0 Å². The average molecular weight is 398 g/mol. The van der Waals surface area contributed by atoms with Gasteiger partial charge in [0.2, 0.25) is 5.82 Å². The zero-order valence-electron chi connectivity index (χ0n) is 14.2. The number of rotatable bonds is 7. The Balaban J connectivity index is 1.99. The molecule has 1 amide bonds. The number of benzene rings is 2. The predicted octanol–water partition coefficient (Wildman–Crippen LogP) is 3.52. The van der Waals surface area contributed by atoms with Crippen molar-refractivity contribution in [3.63, 3.8) is 0 Å². The Morgan fingerprint density at radius 2 is 1.79 bits per heavy atom. The van der Waals surface area contributed by atoms with Crippen LogP contribution in [0.1, 0.15) is 17.3 Å². The van der Waals surface area contributed by atoms with E-state index in [4.69, 9.17) is 4.74 Å². The van der Waals surface area contributed by atoms with Gasteiger partial charge in [-0.25, -0.2) is 4.79 Å². The lowest BCUT2D eigenvalue weighted by Gasteiger charge is -2.14. The number of esters is 1. The number of hydrogen-bond donors (Lipinski definition) is 1. The maximum atomic E-state index is 13.3. The Morgan fingerprint density at radius 3 is 2.36 bits per heavy atom. The van der Waals surface area contributed by atoms with E-state index in [2.05, 4.69) is 10.1 Å². The van der Waals surface area contributed by atoms with Gasteiger partial charge in [0.25, 0.3) is 5.91 Å². The van der Waals surface area contributed by atoms with E-state index in [1.54, 1.807) is 0 Å². The highest BCUT2D eigenvalue weighted by Gasteiger charge is 2.21. The van der Waals surface area contributed by atoms with Gasteiger partial charge in [-0.2, -0.15) is 13.2 Å². The van der Waals surface area contributed by atoms with Crippen LogP contribution >= 0.6 is 0 Å². The van der Waals surface area contributed by atoms with Gasteiger partial charge >= 0.3 is 18.3 Å². The molecule has 0 radical (unpaired) electrons. The van der Waals surface area contributed by atoms with Crippen LogP contribution in [0.3, 0.4) is 0 Å². The number of carbonyl (C=O) groups is 2. The molecule has 0 spiro atoms. The monoisotopic (exact) mass is 398 g/mol. The van der Waals surface area contributed by atoms with Crippen LogP contribution in [-0.2, 0) is 9.53 Å². The van der Waals surface area contributed by atoms with E-state index in [1.807, 2.05) is 0 Å². The molecular weight excluding hydrogens is 385 g/mol. The summed E-state index contributed by atoms with van der Waals surface area (Å²) in [5.74, 6) is -2.94. The molecule has 148 valence electrons. The van der Waals surface area contributed by atoms with Crippen LogP contribution in [0.25, 0.3) is 0 Å². The van der Waals surface area contributed by atoms with Gasteiger partial charge in [0.15, 0.2) is 6.10 Å². The molecule has 0 aromatic heterocycles. The number of nitrogens with one attached hydrogen (secondary N) is 1. The molecule has 11 heteroatoms. The van der Waals surface area contributed by atoms with Crippen molar-refractivity contribution in [2.45, 2.75) is 19.6 Å². The minimum absolute atomic E-state index is 0.0151. The topological polar surface area (TPSA) is 108 Å². The molecule has 0 aliphatic carbocycles. The first-order chi connectivity index (χ1) is 13.2. The summed E-state index contributed by atoms with van der Waals surface area (Å²) in [6, 6.07) is 7.35. The van der Waals surface area contributed by atoms with Crippen molar-refractivity contribution in [2.24, 2.45) is 0 Å². The number of nitro groups is 1. The van der Waals surface area contributed by atoms with Gasteiger partial charge in [0.1, 0.15) is 5.75 Å². The van der Waals surface area contributed by atoms with Gasteiger partial charge in [-0.3, -0.25) is 14.9 Å². The second-order valence-corrected chi connectivity index (χ2v) is 5.36. The summed E-state index contributed by atoms with van der Waals surface area (Å²) < 4.78 is 46.6. The van der Waals surface area contributed by atoms with Crippen molar-refractivity contribution >= 4 is 23.3 Å². The second kappa shape index (κ2) is 8.84. The molecule has 8 nitrogen and oxygen atoms in total. The van der Waals surface area contributed by atoms with Gasteiger partial charge in [-0.05, 0) is 43.3 Å². The Morgan fingerprint density at radius 1 is 1.14 bits per heavy atom. The number of halogens is 3. The quantitative estimate of drug-likeness (QED) is 0.434. The molecule has 2 aromatic rings. The summed E-state index contributed by atoms with van der Waals surface area (Å²) in [5.41, 5.74) is -0.901. The van der Waals surface area contributed by atoms with E-state index >= 15 is 0 Å². The van der Waals surface area contributed by atoms with E-state index in [9.17, 15) is 32.9 Å². The van der Waals surface area contributed by atoms with Gasteiger partial charge in [0.05, 0.1) is 10.5 Å². The molecule has 2 rings (SSSR count). The minimum atomic E-state index is -3.01. The summed E-state index contributed by atoms with van der Waals surface area (Å²) in [6.07, 6.45) is -1.30.